The van der Waals surface area contributed by atoms with Crippen molar-refractivity contribution in [3.8, 4) is 0 Å². The molecule has 0 aromatic carbocycles. The van der Waals surface area contributed by atoms with Gasteiger partial charge in [-0.2, -0.15) is 0 Å². The molecule has 0 saturated heterocycles. The first-order valence-corrected chi connectivity index (χ1v) is 5.50. The van der Waals surface area contributed by atoms with Crippen LogP contribution in [0.5, 0.6) is 0 Å². The summed E-state index contributed by atoms with van der Waals surface area (Å²) in [6.45, 7) is 2.76. The third kappa shape index (κ3) is 3.11. The molecule has 0 amide bonds. The first-order chi connectivity index (χ1) is 6.27. The average Bonchev–Trinajstić information content (AvgIpc) is 2.18. The number of hydrogen-bond donors (Lipinski definition) is 1. The summed E-state index contributed by atoms with van der Waals surface area (Å²) in [6, 6.07) is 0. The molecule has 0 atom stereocenters. The second kappa shape index (κ2) is 5.38. The van der Waals surface area contributed by atoms with E-state index in [-0.39, 0.29) is 0 Å². The van der Waals surface area contributed by atoms with Crippen LogP contribution in [0, 0.1) is 11.8 Å². The molecule has 0 aromatic rings. The lowest BCUT2D eigenvalue weighted by molar-refractivity contribution is -0.123. The summed E-state index contributed by atoms with van der Waals surface area (Å²) in [6.07, 6.45) is 6.57. The first kappa shape index (κ1) is 10.7. The number of Topliss-reactive ketones (excluding diaryl/α,β-unsaturated/α-hetero) is 1. The number of ketones is 1. The fraction of sp³-hybridized carbons (Fsp3) is 0.909. The van der Waals surface area contributed by atoms with Gasteiger partial charge in [-0.05, 0) is 38.1 Å². The molecule has 2 nitrogen and oxygen atoms in total. The van der Waals surface area contributed by atoms with E-state index in [9.17, 15) is 4.79 Å². The monoisotopic (exact) mass is 183 g/mol. The van der Waals surface area contributed by atoms with Crippen LogP contribution in [0.4, 0.5) is 0 Å². The molecule has 0 aliphatic heterocycles. The van der Waals surface area contributed by atoms with Gasteiger partial charge in [-0.1, -0.05) is 13.3 Å². The normalized spacial score (nSPS) is 28.8. The maximum atomic E-state index is 11.5. The van der Waals surface area contributed by atoms with E-state index in [1.807, 2.05) is 0 Å². The average molecular weight is 183 g/mol. The molecule has 1 aliphatic rings. The summed E-state index contributed by atoms with van der Waals surface area (Å²) < 4.78 is 0. The van der Waals surface area contributed by atoms with Crippen molar-refractivity contribution < 1.29 is 4.79 Å². The van der Waals surface area contributed by atoms with E-state index in [0.29, 0.717) is 24.7 Å². The Hall–Kier alpha value is -0.370. The molecule has 76 valence electrons. The number of hydrogen-bond acceptors (Lipinski definition) is 2. The van der Waals surface area contributed by atoms with Gasteiger partial charge in [-0.15, -0.1) is 0 Å². The second-order valence-electron chi connectivity index (χ2n) is 4.13. The van der Waals surface area contributed by atoms with Crippen LogP contribution in [0.15, 0.2) is 0 Å². The first-order valence-electron chi connectivity index (χ1n) is 5.50. The largest absolute Gasteiger partial charge is 0.330 e. The molecule has 13 heavy (non-hydrogen) atoms. The van der Waals surface area contributed by atoms with E-state index in [4.69, 9.17) is 5.73 Å². The fourth-order valence-corrected chi connectivity index (χ4v) is 2.24. The van der Waals surface area contributed by atoms with Gasteiger partial charge in [0.05, 0.1) is 0 Å². The van der Waals surface area contributed by atoms with Gasteiger partial charge < -0.3 is 5.73 Å². The number of carbonyl (C=O) groups is 1. The molecule has 0 radical (unpaired) electrons. The van der Waals surface area contributed by atoms with E-state index in [1.54, 1.807) is 0 Å². The molecule has 1 rings (SSSR count). The van der Waals surface area contributed by atoms with Crippen LogP contribution in [0.3, 0.4) is 0 Å². The van der Waals surface area contributed by atoms with Crippen molar-refractivity contribution in [3.05, 3.63) is 0 Å². The Morgan fingerprint density at radius 1 is 1.31 bits per heavy atom. The van der Waals surface area contributed by atoms with Gasteiger partial charge in [-0.25, -0.2) is 0 Å². The van der Waals surface area contributed by atoms with Crippen molar-refractivity contribution in [2.75, 3.05) is 6.54 Å². The summed E-state index contributed by atoms with van der Waals surface area (Å²) in [4.78, 5) is 11.5. The summed E-state index contributed by atoms with van der Waals surface area (Å²) in [5, 5.41) is 0. The minimum absolute atomic E-state index is 0.339. The van der Waals surface area contributed by atoms with Gasteiger partial charge in [0, 0.05) is 12.3 Å². The van der Waals surface area contributed by atoms with E-state index >= 15 is 0 Å². The number of rotatable bonds is 4. The van der Waals surface area contributed by atoms with Gasteiger partial charge >= 0.3 is 0 Å². The van der Waals surface area contributed by atoms with E-state index in [1.165, 1.54) is 19.3 Å². The Balaban J connectivity index is 2.28. The SMILES string of the molecule is CCC1CCC(C(=O)CCN)CC1. The summed E-state index contributed by atoms with van der Waals surface area (Å²) >= 11 is 0. The van der Waals surface area contributed by atoms with E-state index in [0.717, 1.165) is 18.8 Å². The molecular formula is C11H21NO. The Morgan fingerprint density at radius 3 is 2.38 bits per heavy atom. The quantitative estimate of drug-likeness (QED) is 0.725. The van der Waals surface area contributed by atoms with Gasteiger partial charge in [0.15, 0.2) is 0 Å². The third-order valence-corrected chi connectivity index (χ3v) is 3.27. The van der Waals surface area contributed by atoms with E-state index < -0.39 is 0 Å². The summed E-state index contributed by atoms with van der Waals surface area (Å²) in [5.74, 6) is 1.62. The maximum absolute atomic E-state index is 11.5. The standard InChI is InChI=1S/C11H21NO/c1-2-9-3-5-10(6-4-9)11(13)7-8-12/h9-10H,2-8,12H2,1H3. The summed E-state index contributed by atoms with van der Waals surface area (Å²) in [5.41, 5.74) is 5.37. The molecule has 0 bridgehead atoms. The van der Waals surface area contributed by atoms with E-state index in [2.05, 4.69) is 6.92 Å². The van der Waals surface area contributed by atoms with Crippen molar-refractivity contribution in [1.29, 1.82) is 0 Å². The highest BCUT2D eigenvalue weighted by molar-refractivity contribution is 5.81. The Bertz CT molecular complexity index is 159. The smallest absolute Gasteiger partial charge is 0.137 e. The molecule has 1 saturated carbocycles. The van der Waals surface area contributed by atoms with Gasteiger partial charge in [0.25, 0.3) is 0 Å². The third-order valence-electron chi connectivity index (χ3n) is 3.27. The van der Waals surface area contributed by atoms with Crippen LogP contribution in [0.1, 0.15) is 45.4 Å². The van der Waals surface area contributed by atoms with Gasteiger partial charge in [-0.3, -0.25) is 4.79 Å². The minimum atomic E-state index is 0.339. The number of carbonyl (C=O) groups excluding carboxylic acids is 1. The number of nitrogens with two attached hydrogens (primary N) is 1. The highest BCUT2D eigenvalue weighted by Gasteiger charge is 2.24. The zero-order valence-corrected chi connectivity index (χ0v) is 8.59. The maximum Gasteiger partial charge on any atom is 0.137 e. The lowest BCUT2D eigenvalue weighted by Crippen LogP contribution is -2.23. The summed E-state index contributed by atoms with van der Waals surface area (Å²) in [7, 11) is 0. The molecule has 1 fully saturated rings. The van der Waals surface area contributed by atoms with Crippen LogP contribution in [-0.4, -0.2) is 12.3 Å². The predicted octanol–water partition coefficient (Wildman–Crippen LogP) is 2.12. The van der Waals surface area contributed by atoms with Crippen LogP contribution >= 0.6 is 0 Å². The molecule has 0 unspecified atom stereocenters. The van der Waals surface area contributed by atoms with Crippen molar-refractivity contribution in [3.63, 3.8) is 0 Å². The Morgan fingerprint density at radius 2 is 1.92 bits per heavy atom. The fourth-order valence-electron chi connectivity index (χ4n) is 2.24. The lowest BCUT2D eigenvalue weighted by Gasteiger charge is -2.26. The van der Waals surface area contributed by atoms with Gasteiger partial charge in [0.2, 0.25) is 0 Å². The molecular weight excluding hydrogens is 162 g/mol. The van der Waals surface area contributed by atoms with Crippen LogP contribution in [0.2, 0.25) is 0 Å². The Labute approximate surface area is 80.9 Å². The predicted molar refractivity (Wildman–Crippen MR) is 54.4 cm³/mol. The zero-order valence-electron chi connectivity index (χ0n) is 8.59. The van der Waals surface area contributed by atoms with Crippen molar-refractivity contribution in [2.24, 2.45) is 17.6 Å². The topological polar surface area (TPSA) is 43.1 Å². The van der Waals surface area contributed by atoms with Crippen LogP contribution in [-0.2, 0) is 4.79 Å². The van der Waals surface area contributed by atoms with Gasteiger partial charge in [0.1, 0.15) is 5.78 Å². The molecule has 2 N–H and O–H groups in total. The second-order valence-corrected chi connectivity index (χ2v) is 4.13. The van der Waals surface area contributed by atoms with Crippen molar-refractivity contribution in [1.82, 2.24) is 0 Å². The molecule has 1 aliphatic carbocycles. The van der Waals surface area contributed by atoms with Crippen molar-refractivity contribution in [2.45, 2.75) is 45.4 Å². The highest BCUT2D eigenvalue weighted by atomic mass is 16.1. The van der Waals surface area contributed by atoms with Crippen LogP contribution < -0.4 is 5.73 Å². The Kier molecular flexibility index (Phi) is 4.43. The zero-order chi connectivity index (χ0) is 9.68. The molecule has 0 aromatic heterocycles. The minimum Gasteiger partial charge on any atom is -0.330 e. The van der Waals surface area contributed by atoms with Crippen molar-refractivity contribution >= 4 is 5.78 Å². The molecule has 0 heterocycles. The van der Waals surface area contributed by atoms with Crippen LogP contribution in [0.25, 0.3) is 0 Å². The molecule has 0 spiro atoms. The molecule has 2 heteroatoms. The highest BCUT2D eigenvalue weighted by Crippen LogP contribution is 2.31. The lowest BCUT2D eigenvalue weighted by atomic mass is 9.78.